The van der Waals surface area contributed by atoms with Crippen molar-refractivity contribution in [3.8, 4) is 0 Å². The number of hydrogen-bond acceptors (Lipinski definition) is 3. The zero-order valence-corrected chi connectivity index (χ0v) is 11.2. The summed E-state index contributed by atoms with van der Waals surface area (Å²) in [4.78, 5) is 17.8. The Kier molecular flexibility index (Phi) is 5.38. The van der Waals surface area contributed by atoms with Gasteiger partial charge in [0.2, 0.25) is 0 Å². The molecule has 1 heterocycles. The Morgan fingerprint density at radius 3 is 2.88 bits per heavy atom. The average molecular weight is 256 g/mol. The van der Waals surface area contributed by atoms with Crippen LogP contribution >= 0.6 is 11.6 Å². The van der Waals surface area contributed by atoms with Crippen molar-refractivity contribution in [2.45, 2.75) is 19.4 Å². The molecule has 94 valence electrons. The number of nitrogens with one attached hydrogen (secondary N) is 1. The number of carbonyl (C=O) groups excluding carboxylic acids is 1. The molecule has 1 aromatic heterocycles. The SMILES string of the molecule is CC(CCN(C)C)NC(=O)c1ccncc1Cl. The van der Waals surface area contributed by atoms with Crippen molar-refractivity contribution in [2.75, 3.05) is 20.6 Å². The van der Waals surface area contributed by atoms with Gasteiger partial charge in [0.25, 0.3) is 5.91 Å². The van der Waals surface area contributed by atoms with E-state index >= 15 is 0 Å². The lowest BCUT2D eigenvalue weighted by Crippen LogP contribution is -2.34. The molecule has 5 heteroatoms. The Balaban J connectivity index is 2.52. The van der Waals surface area contributed by atoms with Crippen molar-refractivity contribution >= 4 is 17.5 Å². The number of pyridine rings is 1. The van der Waals surface area contributed by atoms with E-state index in [2.05, 4.69) is 15.2 Å². The molecule has 1 rings (SSSR count). The summed E-state index contributed by atoms with van der Waals surface area (Å²) >= 11 is 5.90. The fourth-order valence-corrected chi connectivity index (χ4v) is 1.59. The normalized spacial score (nSPS) is 12.5. The lowest BCUT2D eigenvalue weighted by molar-refractivity contribution is 0.0937. The number of halogens is 1. The molecule has 1 amide bonds. The summed E-state index contributed by atoms with van der Waals surface area (Å²) < 4.78 is 0. The van der Waals surface area contributed by atoms with Crippen molar-refractivity contribution in [3.63, 3.8) is 0 Å². The van der Waals surface area contributed by atoms with Gasteiger partial charge >= 0.3 is 0 Å². The van der Waals surface area contributed by atoms with Gasteiger partial charge in [-0.3, -0.25) is 9.78 Å². The Bertz CT molecular complexity index is 382. The molecule has 0 aromatic carbocycles. The molecule has 4 nitrogen and oxygen atoms in total. The van der Waals surface area contributed by atoms with E-state index in [0.717, 1.165) is 13.0 Å². The number of amides is 1. The maximum atomic E-state index is 11.9. The maximum absolute atomic E-state index is 11.9. The summed E-state index contributed by atoms with van der Waals surface area (Å²) in [6.07, 6.45) is 3.94. The van der Waals surface area contributed by atoms with E-state index in [1.807, 2.05) is 21.0 Å². The standard InChI is InChI=1S/C12H18ClN3O/c1-9(5-7-16(2)3)15-12(17)10-4-6-14-8-11(10)13/h4,6,8-9H,5,7H2,1-3H3,(H,15,17). The minimum atomic E-state index is -0.149. The molecule has 1 unspecified atom stereocenters. The van der Waals surface area contributed by atoms with E-state index in [4.69, 9.17) is 11.6 Å². The van der Waals surface area contributed by atoms with Crippen LogP contribution in [-0.4, -0.2) is 42.5 Å². The third kappa shape index (κ3) is 4.71. The first-order chi connectivity index (χ1) is 8.00. The van der Waals surface area contributed by atoms with Gasteiger partial charge in [-0.25, -0.2) is 0 Å². The molecule has 0 spiro atoms. The topological polar surface area (TPSA) is 45.2 Å². The number of carbonyl (C=O) groups is 1. The van der Waals surface area contributed by atoms with Crippen molar-refractivity contribution in [1.82, 2.24) is 15.2 Å². The smallest absolute Gasteiger partial charge is 0.253 e. The highest BCUT2D eigenvalue weighted by Gasteiger charge is 2.12. The first kappa shape index (κ1) is 13.9. The summed E-state index contributed by atoms with van der Waals surface area (Å²) in [6.45, 7) is 2.92. The van der Waals surface area contributed by atoms with Crippen LogP contribution in [0.4, 0.5) is 0 Å². The zero-order chi connectivity index (χ0) is 12.8. The zero-order valence-electron chi connectivity index (χ0n) is 10.4. The van der Waals surface area contributed by atoms with Gasteiger partial charge < -0.3 is 10.2 Å². The molecular formula is C12H18ClN3O. The first-order valence-corrected chi connectivity index (χ1v) is 5.93. The molecule has 0 aliphatic heterocycles. The van der Waals surface area contributed by atoms with Crippen LogP contribution in [0.25, 0.3) is 0 Å². The van der Waals surface area contributed by atoms with Crippen LogP contribution in [0.15, 0.2) is 18.5 Å². The highest BCUT2D eigenvalue weighted by Crippen LogP contribution is 2.13. The van der Waals surface area contributed by atoms with E-state index in [1.165, 1.54) is 6.20 Å². The van der Waals surface area contributed by atoms with Crippen molar-refractivity contribution < 1.29 is 4.79 Å². The van der Waals surface area contributed by atoms with Gasteiger partial charge in [0, 0.05) is 18.4 Å². The molecule has 0 radical (unpaired) electrons. The molecule has 1 atom stereocenters. The molecule has 0 aliphatic rings. The summed E-state index contributed by atoms with van der Waals surface area (Å²) in [7, 11) is 4.02. The second kappa shape index (κ2) is 6.57. The molecule has 0 saturated heterocycles. The van der Waals surface area contributed by atoms with Gasteiger partial charge in [0.15, 0.2) is 0 Å². The lowest BCUT2D eigenvalue weighted by atomic mass is 10.2. The quantitative estimate of drug-likeness (QED) is 0.873. The number of rotatable bonds is 5. The fraction of sp³-hybridized carbons (Fsp3) is 0.500. The number of hydrogen-bond donors (Lipinski definition) is 1. The Hall–Kier alpha value is -1.13. The number of aromatic nitrogens is 1. The van der Waals surface area contributed by atoms with Gasteiger partial charge in [-0.15, -0.1) is 0 Å². The van der Waals surface area contributed by atoms with Crippen LogP contribution < -0.4 is 5.32 Å². The van der Waals surface area contributed by atoms with Crippen LogP contribution in [-0.2, 0) is 0 Å². The summed E-state index contributed by atoms with van der Waals surface area (Å²) in [5.74, 6) is -0.149. The third-order valence-corrected chi connectivity index (χ3v) is 2.71. The van der Waals surface area contributed by atoms with Gasteiger partial charge in [0.1, 0.15) is 0 Å². The highest BCUT2D eigenvalue weighted by atomic mass is 35.5. The van der Waals surface area contributed by atoms with Gasteiger partial charge in [-0.05, 0) is 40.1 Å². The van der Waals surface area contributed by atoms with E-state index in [1.54, 1.807) is 12.3 Å². The molecule has 1 N–H and O–H groups in total. The van der Waals surface area contributed by atoms with Crippen LogP contribution in [0.5, 0.6) is 0 Å². The summed E-state index contributed by atoms with van der Waals surface area (Å²) in [5, 5.41) is 3.29. The monoisotopic (exact) mass is 255 g/mol. The van der Waals surface area contributed by atoms with E-state index in [-0.39, 0.29) is 11.9 Å². The molecular weight excluding hydrogens is 238 g/mol. The molecule has 17 heavy (non-hydrogen) atoms. The second-order valence-corrected chi connectivity index (χ2v) is 4.73. The molecule has 1 aromatic rings. The second-order valence-electron chi connectivity index (χ2n) is 4.32. The highest BCUT2D eigenvalue weighted by molar-refractivity contribution is 6.33. The largest absolute Gasteiger partial charge is 0.349 e. The van der Waals surface area contributed by atoms with Crippen molar-refractivity contribution in [3.05, 3.63) is 29.0 Å². The van der Waals surface area contributed by atoms with Gasteiger partial charge in [0.05, 0.1) is 10.6 Å². The predicted molar refractivity (Wildman–Crippen MR) is 69.3 cm³/mol. The lowest BCUT2D eigenvalue weighted by Gasteiger charge is -2.16. The minimum Gasteiger partial charge on any atom is -0.349 e. The third-order valence-electron chi connectivity index (χ3n) is 2.40. The maximum Gasteiger partial charge on any atom is 0.253 e. The van der Waals surface area contributed by atoms with Gasteiger partial charge in [-0.2, -0.15) is 0 Å². The van der Waals surface area contributed by atoms with E-state index in [9.17, 15) is 4.79 Å². The van der Waals surface area contributed by atoms with Crippen molar-refractivity contribution in [2.24, 2.45) is 0 Å². The van der Waals surface area contributed by atoms with E-state index in [0.29, 0.717) is 10.6 Å². The average Bonchev–Trinajstić information content (AvgIpc) is 2.26. The summed E-state index contributed by atoms with van der Waals surface area (Å²) in [5.41, 5.74) is 0.471. The van der Waals surface area contributed by atoms with Crippen LogP contribution in [0.1, 0.15) is 23.7 Å². The van der Waals surface area contributed by atoms with E-state index < -0.39 is 0 Å². The Labute approximate surface area is 107 Å². The predicted octanol–water partition coefficient (Wildman–Crippen LogP) is 1.80. The molecule has 0 aliphatic carbocycles. The first-order valence-electron chi connectivity index (χ1n) is 5.56. The van der Waals surface area contributed by atoms with Gasteiger partial charge in [-0.1, -0.05) is 11.6 Å². The van der Waals surface area contributed by atoms with Crippen LogP contribution in [0, 0.1) is 0 Å². The number of nitrogens with zero attached hydrogens (tertiary/aromatic N) is 2. The molecule has 0 saturated carbocycles. The Morgan fingerprint density at radius 1 is 1.59 bits per heavy atom. The minimum absolute atomic E-state index is 0.120. The fourth-order valence-electron chi connectivity index (χ4n) is 1.38. The van der Waals surface area contributed by atoms with Crippen molar-refractivity contribution in [1.29, 1.82) is 0 Å². The Morgan fingerprint density at radius 2 is 2.29 bits per heavy atom. The molecule has 0 fully saturated rings. The molecule has 0 bridgehead atoms. The van der Waals surface area contributed by atoms with Crippen LogP contribution in [0.3, 0.4) is 0 Å². The van der Waals surface area contributed by atoms with Crippen LogP contribution in [0.2, 0.25) is 5.02 Å². The summed E-state index contributed by atoms with van der Waals surface area (Å²) in [6, 6.07) is 1.74.